The van der Waals surface area contributed by atoms with E-state index in [0.29, 0.717) is 36.2 Å². The molecule has 5 nitrogen and oxygen atoms in total. The molecule has 0 radical (unpaired) electrons. The van der Waals surface area contributed by atoms with Crippen molar-refractivity contribution in [3.05, 3.63) is 64.2 Å². The maximum atomic E-state index is 13.2. The predicted octanol–water partition coefficient (Wildman–Crippen LogP) is 4.92. The molecule has 0 bridgehead atoms. The summed E-state index contributed by atoms with van der Waals surface area (Å²) in [6.07, 6.45) is 0.516. The molecule has 0 aliphatic rings. The van der Waals surface area contributed by atoms with Gasteiger partial charge in [0.1, 0.15) is 11.8 Å². The number of benzene rings is 2. The molecule has 2 aromatic rings. The minimum Gasteiger partial charge on any atom is -0.484 e. The molecule has 0 aromatic heterocycles. The van der Waals surface area contributed by atoms with E-state index in [2.05, 4.69) is 5.32 Å². The first-order valence-electron chi connectivity index (χ1n) is 10.7. The van der Waals surface area contributed by atoms with Gasteiger partial charge in [-0.15, -0.1) is 0 Å². The molecule has 0 unspecified atom stereocenters. The standard InChI is InChI=1S/C25H33ClN2O3/c1-6-22(25(30)27-14-17(2)3)28(15-20-10-8-7-9-11-20)23(29)16-31-21-12-18(4)24(26)19(5)13-21/h7-13,17,22H,6,14-16H2,1-5H3,(H,27,30)/t22-/m1/s1. The summed E-state index contributed by atoms with van der Waals surface area (Å²) in [6.45, 7) is 10.6. The van der Waals surface area contributed by atoms with E-state index >= 15 is 0 Å². The van der Waals surface area contributed by atoms with Crippen LogP contribution in [0, 0.1) is 19.8 Å². The minimum absolute atomic E-state index is 0.140. The summed E-state index contributed by atoms with van der Waals surface area (Å²) in [6, 6.07) is 12.7. The Balaban J connectivity index is 2.19. The summed E-state index contributed by atoms with van der Waals surface area (Å²) < 4.78 is 5.79. The molecule has 168 valence electrons. The van der Waals surface area contributed by atoms with Gasteiger partial charge in [0.25, 0.3) is 5.91 Å². The molecule has 2 amide bonds. The van der Waals surface area contributed by atoms with Gasteiger partial charge < -0.3 is 15.0 Å². The predicted molar refractivity (Wildman–Crippen MR) is 125 cm³/mol. The van der Waals surface area contributed by atoms with Crippen molar-refractivity contribution in [2.45, 2.75) is 53.6 Å². The number of rotatable bonds is 10. The van der Waals surface area contributed by atoms with E-state index in [1.807, 2.05) is 77.1 Å². The van der Waals surface area contributed by atoms with Crippen LogP contribution in [0.15, 0.2) is 42.5 Å². The van der Waals surface area contributed by atoms with Crippen LogP contribution in [0.25, 0.3) is 0 Å². The van der Waals surface area contributed by atoms with Gasteiger partial charge in [-0.3, -0.25) is 9.59 Å². The average molecular weight is 445 g/mol. The Morgan fingerprint density at radius 3 is 2.26 bits per heavy atom. The number of hydrogen-bond donors (Lipinski definition) is 1. The fraction of sp³-hybridized carbons (Fsp3) is 0.440. The molecular formula is C25H33ClN2O3. The molecule has 1 N–H and O–H groups in total. The van der Waals surface area contributed by atoms with Crippen LogP contribution in [-0.4, -0.2) is 35.9 Å². The van der Waals surface area contributed by atoms with Crippen molar-refractivity contribution in [1.29, 1.82) is 0 Å². The van der Waals surface area contributed by atoms with Gasteiger partial charge in [-0.1, -0.05) is 62.7 Å². The number of amides is 2. The Morgan fingerprint density at radius 2 is 1.71 bits per heavy atom. The van der Waals surface area contributed by atoms with Gasteiger partial charge in [0.2, 0.25) is 5.91 Å². The van der Waals surface area contributed by atoms with Gasteiger partial charge in [-0.25, -0.2) is 0 Å². The zero-order valence-corrected chi connectivity index (χ0v) is 19.8. The van der Waals surface area contributed by atoms with E-state index in [1.165, 1.54) is 0 Å². The van der Waals surface area contributed by atoms with Gasteiger partial charge in [0, 0.05) is 18.1 Å². The molecule has 0 aliphatic heterocycles. The minimum atomic E-state index is -0.566. The normalized spacial score (nSPS) is 11.8. The lowest BCUT2D eigenvalue weighted by Crippen LogP contribution is -2.50. The second kappa shape index (κ2) is 11.8. The monoisotopic (exact) mass is 444 g/mol. The van der Waals surface area contributed by atoms with Crippen LogP contribution in [0.4, 0.5) is 0 Å². The Kier molecular flexibility index (Phi) is 9.38. The van der Waals surface area contributed by atoms with Crippen LogP contribution in [-0.2, 0) is 16.1 Å². The molecule has 1 atom stereocenters. The molecule has 2 rings (SSSR count). The Labute approximate surface area is 190 Å². The third-order valence-electron chi connectivity index (χ3n) is 5.04. The van der Waals surface area contributed by atoms with E-state index < -0.39 is 6.04 Å². The van der Waals surface area contributed by atoms with Crippen LogP contribution < -0.4 is 10.1 Å². The Morgan fingerprint density at radius 1 is 1.10 bits per heavy atom. The van der Waals surface area contributed by atoms with Crippen LogP contribution in [0.5, 0.6) is 5.75 Å². The Bertz CT molecular complexity index is 861. The van der Waals surface area contributed by atoms with Crippen molar-refractivity contribution in [3.63, 3.8) is 0 Å². The van der Waals surface area contributed by atoms with Gasteiger partial charge in [-0.05, 0) is 55.0 Å². The third kappa shape index (κ3) is 7.28. The van der Waals surface area contributed by atoms with Gasteiger partial charge in [0.15, 0.2) is 6.61 Å². The number of nitrogens with one attached hydrogen (secondary N) is 1. The zero-order chi connectivity index (χ0) is 23.0. The van der Waals surface area contributed by atoms with Crippen molar-refractivity contribution in [2.75, 3.05) is 13.2 Å². The fourth-order valence-electron chi connectivity index (χ4n) is 3.34. The summed E-state index contributed by atoms with van der Waals surface area (Å²) in [7, 11) is 0. The maximum absolute atomic E-state index is 13.2. The van der Waals surface area contributed by atoms with E-state index in [-0.39, 0.29) is 18.4 Å². The first kappa shape index (κ1) is 24.7. The van der Waals surface area contributed by atoms with Crippen molar-refractivity contribution < 1.29 is 14.3 Å². The molecule has 0 saturated carbocycles. The number of ether oxygens (including phenoxy) is 1. The number of carbonyl (C=O) groups is 2. The zero-order valence-electron chi connectivity index (χ0n) is 19.1. The van der Waals surface area contributed by atoms with Crippen molar-refractivity contribution in [1.82, 2.24) is 10.2 Å². The van der Waals surface area contributed by atoms with Crippen molar-refractivity contribution in [2.24, 2.45) is 5.92 Å². The molecule has 0 fully saturated rings. The van der Waals surface area contributed by atoms with E-state index in [4.69, 9.17) is 16.3 Å². The first-order valence-corrected chi connectivity index (χ1v) is 11.1. The molecule has 6 heteroatoms. The lowest BCUT2D eigenvalue weighted by Gasteiger charge is -2.30. The van der Waals surface area contributed by atoms with Crippen LogP contribution >= 0.6 is 11.6 Å². The number of aryl methyl sites for hydroxylation is 2. The number of carbonyl (C=O) groups excluding carboxylic acids is 2. The smallest absolute Gasteiger partial charge is 0.261 e. The van der Waals surface area contributed by atoms with Crippen molar-refractivity contribution >= 4 is 23.4 Å². The number of nitrogens with zero attached hydrogens (tertiary/aromatic N) is 1. The average Bonchev–Trinajstić information content (AvgIpc) is 2.74. The molecule has 0 aliphatic carbocycles. The summed E-state index contributed by atoms with van der Waals surface area (Å²) in [4.78, 5) is 27.7. The highest BCUT2D eigenvalue weighted by molar-refractivity contribution is 6.32. The first-order chi connectivity index (χ1) is 14.7. The van der Waals surface area contributed by atoms with Gasteiger partial charge in [-0.2, -0.15) is 0 Å². The van der Waals surface area contributed by atoms with Gasteiger partial charge in [0.05, 0.1) is 0 Å². The van der Waals surface area contributed by atoms with E-state index in [9.17, 15) is 9.59 Å². The summed E-state index contributed by atoms with van der Waals surface area (Å²) in [5.41, 5.74) is 2.75. The largest absolute Gasteiger partial charge is 0.484 e. The van der Waals surface area contributed by atoms with Crippen LogP contribution in [0.3, 0.4) is 0 Å². The lowest BCUT2D eigenvalue weighted by molar-refractivity contribution is -0.143. The second-order valence-corrected chi connectivity index (χ2v) is 8.61. The number of halogens is 1. The molecular weight excluding hydrogens is 412 g/mol. The van der Waals surface area contributed by atoms with Crippen molar-refractivity contribution in [3.8, 4) is 5.75 Å². The fourth-order valence-corrected chi connectivity index (χ4v) is 3.45. The van der Waals surface area contributed by atoms with E-state index in [1.54, 1.807) is 4.90 Å². The third-order valence-corrected chi connectivity index (χ3v) is 5.63. The highest BCUT2D eigenvalue weighted by Gasteiger charge is 2.29. The molecule has 31 heavy (non-hydrogen) atoms. The van der Waals surface area contributed by atoms with E-state index in [0.717, 1.165) is 16.7 Å². The Hall–Kier alpha value is -2.53. The quantitative estimate of drug-likeness (QED) is 0.566. The summed E-state index contributed by atoms with van der Waals surface area (Å²) >= 11 is 6.22. The molecule has 0 saturated heterocycles. The highest BCUT2D eigenvalue weighted by atomic mass is 35.5. The highest BCUT2D eigenvalue weighted by Crippen LogP contribution is 2.26. The van der Waals surface area contributed by atoms with Crippen LogP contribution in [0.2, 0.25) is 5.02 Å². The summed E-state index contributed by atoms with van der Waals surface area (Å²) in [5, 5.41) is 3.65. The topological polar surface area (TPSA) is 58.6 Å². The second-order valence-electron chi connectivity index (χ2n) is 8.23. The lowest BCUT2D eigenvalue weighted by atomic mass is 10.1. The molecule has 0 heterocycles. The molecule has 0 spiro atoms. The summed E-state index contributed by atoms with van der Waals surface area (Å²) in [5.74, 6) is 0.545. The van der Waals surface area contributed by atoms with Crippen LogP contribution in [0.1, 0.15) is 43.9 Å². The molecule has 2 aromatic carbocycles. The maximum Gasteiger partial charge on any atom is 0.261 e. The van der Waals surface area contributed by atoms with Gasteiger partial charge >= 0.3 is 0 Å². The SMILES string of the molecule is CC[C@H](C(=O)NCC(C)C)N(Cc1ccccc1)C(=O)COc1cc(C)c(Cl)c(C)c1. The number of hydrogen-bond acceptors (Lipinski definition) is 3.